The van der Waals surface area contributed by atoms with E-state index in [-0.39, 0.29) is 12.3 Å². The van der Waals surface area contributed by atoms with Gasteiger partial charge in [0.25, 0.3) is 0 Å². The van der Waals surface area contributed by atoms with Gasteiger partial charge in [0, 0.05) is 0 Å². The molecule has 0 heterocycles. The first-order valence-electron chi connectivity index (χ1n) is 3.97. The quantitative estimate of drug-likeness (QED) is 0.658. The maximum absolute atomic E-state index is 10.6. The van der Waals surface area contributed by atoms with Crippen molar-refractivity contribution in [2.45, 2.75) is 19.8 Å². The van der Waals surface area contributed by atoms with E-state index in [1.54, 1.807) is 0 Å². The van der Waals surface area contributed by atoms with Crippen LogP contribution in [0, 0.1) is 17.8 Å². The standard InChI is InChI=1S/C8H12O4/c1-4-2-5(4)6(8(11)12)3-7(9)10/h4-6H,2-3H2,1H3,(H,9,10)(H,11,12). The molecule has 0 saturated heterocycles. The van der Waals surface area contributed by atoms with Crippen LogP contribution in [-0.4, -0.2) is 22.2 Å². The molecular formula is C8H12O4. The number of hydrogen-bond donors (Lipinski definition) is 2. The first-order valence-corrected chi connectivity index (χ1v) is 3.97. The van der Waals surface area contributed by atoms with Crippen LogP contribution in [0.25, 0.3) is 0 Å². The fraction of sp³-hybridized carbons (Fsp3) is 0.750. The van der Waals surface area contributed by atoms with Crippen LogP contribution in [-0.2, 0) is 9.59 Å². The lowest BCUT2D eigenvalue weighted by Gasteiger charge is -2.07. The van der Waals surface area contributed by atoms with E-state index in [4.69, 9.17) is 10.2 Å². The van der Waals surface area contributed by atoms with Gasteiger partial charge in [-0.05, 0) is 18.3 Å². The molecule has 0 radical (unpaired) electrons. The van der Waals surface area contributed by atoms with E-state index >= 15 is 0 Å². The SMILES string of the molecule is CC1CC1C(CC(=O)O)C(=O)O. The summed E-state index contributed by atoms with van der Waals surface area (Å²) < 4.78 is 0. The Labute approximate surface area is 70.2 Å². The lowest BCUT2D eigenvalue weighted by atomic mass is 9.99. The monoisotopic (exact) mass is 172 g/mol. The molecule has 0 aromatic rings. The van der Waals surface area contributed by atoms with Crippen LogP contribution in [0.4, 0.5) is 0 Å². The Morgan fingerprint density at radius 1 is 1.50 bits per heavy atom. The molecule has 68 valence electrons. The smallest absolute Gasteiger partial charge is 0.307 e. The largest absolute Gasteiger partial charge is 0.481 e. The minimum atomic E-state index is -1.03. The molecular weight excluding hydrogens is 160 g/mol. The third kappa shape index (κ3) is 1.96. The highest BCUT2D eigenvalue weighted by Gasteiger charge is 2.43. The molecule has 1 saturated carbocycles. The minimum Gasteiger partial charge on any atom is -0.481 e. The van der Waals surface area contributed by atoms with Crippen molar-refractivity contribution >= 4 is 11.9 Å². The second kappa shape index (κ2) is 3.13. The third-order valence-electron chi connectivity index (χ3n) is 2.40. The highest BCUT2D eigenvalue weighted by atomic mass is 16.4. The summed E-state index contributed by atoms with van der Waals surface area (Å²) in [6.45, 7) is 1.95. The van der Waals surface area contributed by atoms with Gasteiger partial charge in [0.05, 0.1) is 12.3 Å². The van der Waals surface area contributed by atoms with Crippen LogP contribution >= 0.6 is 0 Å². The molecule has 0 bridgehead atoms. The maximum atomic E-state index is 10.6. The zero-order valence-corrected chi connectivity index (χ0v) is 6.86. The van der Waals surface area contributed by atoms with Crippen molar-refractivity contribution in [2.24, 2.45) is 17.8 Å². The van der Waals surface area contributed by atoms with Gasteiger partial charge in [-0.2, -0.15) is 0 Å². The summed E-state index contributed by atoms with van der Waals surface area (Å²) in [5.74, 6) is -2.23. The van der Waals surface area contributed by atoms with Crippen LogP contribution in [0.2, 0.25) is 0 Å². The first-order chi connectivity index (χ1) is 5.52. The van der Waals surface area contributed by atoms with Crippen LogP contribution in [0.15, 0.2) is 0 Å². The molecule has 4 heteroatoms. The molecule has 1 rings (SSSR count). The van der Waals surface area contributed by atoms with Gasteiger partial charge in [-0.1, -0.05) is 6.92 Å². The van der Waals surface area contributed by atoms with E-state index in [2.05, 4.69) is 0 Å². The summed E-state index contributed by atoms with van der Waals surface area (Å²) >= 11 is 0. The van der Waals surface area contributed by atoms with E-state index in [9.17, 15) is 9.59 Å². The number of hydrogen-bond acceptors (Lipinski definition) is 2. The molecule has 0 aromatic heterocycles. The Kier molecular flexibility index (Phi) is 2.35. The topological polar surface area (TPSA) is 74.6 Å². The molecule has 1 aliphatic carbocycles. The van der Waals surface area contributed by atoms with E-state index < -0.39 is 17.9 Å². The Bertz CT molecular complexity index is 211. The van der Waals surface area contributed by atoms with Crippen molar-refractivity contribution in [3.63, 3.8) is 0 Å². The predicted molar refractivity (Wildman–Crippen MR) is 40.6 cm³/mol. The highest BCUT2D eigenvalue weighted by Crippen LogP contribution is 2.45. The summed E-state index contributed by atoms with van der Waals surface area (Å²) in [7, 11) is 0. The van der Waals surface area contributed by atoms with Crippen molar-refractivity contribution < 1.29 is 19.8 Å². The Hall–Kier alpha value is -1.06. The lowest BCUT2D eigenvalue weighted by Crippen LogP contribution is -2.20. The van der Waals surface area contributed by atoms with Gasteiger partial charge >= 0.3 is 11.9 Å². The fourth-order valence-corrected chi connectivity index (χ4v) is 1.52. The normalized spacial score (nSPS) is 29.4. The fourth-order valence-electron chi connectivity index (χ4n) is 1.52. The molecule has 12 heavy (non-hydrogen) atoms. The van der Waals surface area contributed by atoms with Gasteiger partial charge in [0.2, 0.25) is 0 Å². The first kappa shape index (κ1) is 9.03. The Morgan fingerprint density at radius 2 is 2.00 bits per heavy atom. The van der Waals surface area contributed by atoms with E-state index in [1.807, 2.05) is 6.92 Å². The molecule has 0 spiro atoms. The summed E-state index contributed by atoms with van der Waals surface area (Å²) in [5, 5.41) is 17.1. The highest BCUT2D eigenvalue weighted by molar-refractivity contribution is 5.78. The van der Waals surface area contributed by atoms with Gasteiger partial charge in [-0.25, -0.2) is 0 Å². The summed E-state index contributed by atoms with van der Waals surface area (Å²) in [6.07, 6.45) is 0.606. The molecule has 0 aliphatic heterocycles. The van der Waals surface area contributed by atoms with Gasteiger partial charge in [0.1, 0.15) is 0 Å². The predicted octanol–water partition coefficient (Wildman–Crippen LogP) is 0.818. The second-order valence-electron chi connectivity index (χ2n) is 3.42. The number of aliphatic carboxylic acids is 2. The molecule has 4 nitrogen and oxygen atoms in total. The number of rotatable bonds is 4. The molecule has 3 atom stereocenters. The van der Waals surface area contributed by atoms with Gasteiger partial charge in [-0.3, -0.25) is 9.59 Å². The van der Waals surface area contributed by atoms with Gasteiger partial charge in [-0.15, -0.1) is 0 Å². The zero-order valence-electron chi connectivity index (χ0n) is 6.86. The van der Waals surface area contributed by atoms with Crippen molar-refractivity contribution in [1.82, 2.24) is 0 Å². The van der Waals surface area contributed by atoms with Gasteiger partial charge in [0.15, 0.2) is 0 Å². The molecule has 1 fully saturated rings. The maximum Gasteiger partial charge on any atom is 0.307 e. The van der Waals surface area contributed by atoms with E-state index in [0.717, 1.165) is 6.42 Å². The van der Waals surface area contributed by atoms with Gasteiger partial charge < -0.3 is 10.2 Å². The van der Waals surface area contributed by atoms with Crippen LogP contribution in [0.3, 0.4) is 0 Å². The van der Waals surface area contributed by atoms with Crippen LogP contribution in [0.1, 0.15) is 19.8 Å². The number of carboxylic acid groups (broad SMARTS) is 2. The number of carboxylic acids is 2. The summed E-state index contributed by atoms with van der Waals surface area (Å²) in [4.78, 5) is 20.9. The minimum absolute atomic E-state index is 0.0820. The van der Waals surface area contributed by atoms with Crippen molar-refractivity contribution in [2.75, 3.05) is 0 Å². The lowest BCUT2D eigenvalue weighted by molar-refractivity contribution is -0.149. The van der Waals surface area contributed by atoms with E-state index in [0.29, 0.717) is 5.92 Å². The van der Waals surface area contributed by atoms with Crippen LogP contribution in [0.5, 0.6) is 0 Å². The van der Waals surface area contributed by atoms with Crippen molar-refractivity contribution in [3.05, 3.63) is 0 Å². The van der Waals surface area contributed by atoms with Crippen LogP contribution < -0.4 is 0 Å². The molecule has 0 amide bonds. The molecule has 3 unspecified atom stereocenters. The van der Waals surface area contributed by atoms with Crippen molar-refractivity contribution in [1.29, 1.82) is 0 Å². The number of carbonyl (C=O) groups is 2. The zero-order chi connectivity index (χ0) is 9.30. The van der Waals surface area contributed by atoms with E-state index in [1.165, 1.54) is 0 Å². The summed E-state index contributed by atoms with van der Waals surface area (Å²) in [6, 6.07) is 0. The second-order valence-corrected chi connectivity index (χ2v) is 3.42. The molecule has 0 aromatic carbocycles. The average Bonchev–Trinajstić information content (AvgIpc) is 2.61. The average molecular weight is 172 g/mol. The molecule has 2 N–H and O–H groups in total. The summed E-state index contributed by atoms with van der Waals surface area (Å²) in [5.41, 5.74) is 0. The Balaban J connectivity index is 2.50. The Morgan fingerprint density at radius 3 is 2.25 bits per heavy atom. The third-order valence-corrected chi connectivity index (χ3v) is 2.40. The molecule has 1 aliphatic rings. The van der Waals surface area contributed by atoms with Crippen molar-refractivity contribution in [3.8, 4) is 0 Å².